The van der Waals surface area contributed by atoms with Gasteiger partial charge in [-0.1, -0.05) is 87.2 Å². The van der Waals surface area contributed by atoms with Gasteiger partial charge < -0.3 is 17.0 Å². The highest BCUT2D eigenvalue weighted by molar-refractivity contribution is 7.95. The molecule has 0 unspecified atom stereocenters. The number of rotatable bonds is 15. The smallest absolute Gasteiger partial charge is 0.211 e. The Bertz CT molecular complexity index is 967. The van der Waals surface area contributed by atoms with Gasteiger partial charge in [0.05, 0.1) is 11.9 Å². The quantitative estimate of drug-likeness (QED) is 0.224. The molecule has 190 valence electrons. The highest BCUT2D eigenvalue weighted by atomic mass is 79.9. The van der Waals surface area contributed by atoms with Crippen molar-refractivity contribution in [2.75, 3.05) is 18.5 Å². The summed E-state index contributed by atoms with van der Waals surface area (Å²) in [6, 6.07) is 32.3. The molecule has 0 atom stereocenters. The van der Waals surface area contributed by atoms with E-state index >= 15 is 0 Å². The number of halogens is 1. The van der Waals surface area contributed by atoms with E-state index in [1.807, 2.05) is 0 Å². The van der Waals surface area contributed by atoms with Gasteiger partial charge in [0.25, 0.3) is 0 Å². The van der Waals surface area contributed by atoms with Crippen molar-refractivity contribution in [2.45, 2.75) is 51.9 Å². The van der Waals surface area contributed by atoms with Crippen molar-refractivity contribution in [3.63, 3.8) is 0 Å². The van der Waals surface area contributed by atoms with Gasteiger partial charge in [0.1, 0.15) is 23.2 Å². The third kappa shape index (κ3) is 8.82. The van der Waals surface area contributed by atoms with E-state index in [2.05, 4.69) is 103 Å². The summed E-state index contributed by atoms with van der Waals surface area (Å²) in [5.41, 5.74) is 0. The van der Waals surface area contributed by atoms with E-state index in [9.17, 15) is 8.42 Å². The molecule has 0 fully saturated rings. The van der Waals surface area contributed by atoms with Crippen LogP contribution in [0.2, 0.25) is 0 Å². The van der Waals surface area contributed by atoms with Crippen LogP contribution in [-0.4, -0.2) is 26.9 Å². The van der Waals surface area contributed by atoms with Crippen LogP contribution < -0.4 is 37.6 Å². The second kappa shape index (κ2) is 15.6. The SMILES string of the molecule is CCCCCCCNS(=O)(=O)CCCC[P+](c1ccccc1)(c1ccccc1)c1ccccc1.[Br-]. The lowest BCUT2D eigenvalue weighted by molar-refractivity contribution is -0.00000945. The predicted molar refractivity (Wildman–Crippen MR) is 150 cm³/mol. The molecule has 0 heterocycles. The van der Waals surface area contributed by atoms with Crippen LogP contribution in [0.4, 0.5) is 0 Å². The summed E-state index contributed by atoms with van der Waals surface area (Å²) in [7, 11) is -5.11. The molecule has 0 radical (unpaired) electrons. The van der Waals surface area contributed by atoms with Gasteiger partial charge in [0.2, 0.25) is 10.0 Å². The molecule has 0 aliphatic rings. The Labute approximate surface area is 223 Å². The summed E-state index contributed by atoms with van der Waals surface area (Å²) < 4.78 is 27.9. The highest BCUT2D eigenvalue weighted by Gasteiger charge is 2.44. The lowest BCUT2D eigenvalue weighted by atomic mass is 10.2. The molecule has 0 saturated carbocycles. The number of benzene rings is 3. The summed E-state index contributed by atoms with van der Waals surface area (Å²) in [4.78, 5) is 0. The average Bonchev–Trinajstić information content (AvgIpc) is 2.88. The highest BCUT2D eigenvalue weighted by Crippen LogP contribution is 2.55. The molecule has 3 aromatic rings. The maximum absolute atomic E-state index is 12.6. The minimum atomic E-state index is -3.22. The molecule has 35 heavy (non-hydrogen) atoms. The summed E-state index contributed by atoms with van der Waals surface area (Å²) in [6.07, 6.45) is 8.11. The topological polar surface area (TPSA) is 46.2 Å². The second-order valence-corrected chi connectivity index (χ2v) is 14.4. The Morgan fingerprint density at radius 3 is 1.54 bits per heavy atom. The van der Waals surface area contributed by atoms with Crippen molar-refractivity contribution in [1.29, 1.82) is 0 Å². The normalized spacial score (nSPS) is 11.7. The summed E-state index contributed by atoms with van der Waals surface area (Å²) in [5.74, 6) is 0.195. The summed E-state index contributed by atoms with van der Waals surface area (Å²) in [6.45, 7) is 2.74. The largest absolute Gasteiger partial charge is 1.00 e. The van der Waals surface area contributed by atoms with E-state index in [1.165, 1.54) is 35.2 Å². The fraction of sp³-hybridized carbons (Fsp3) is 0.379. The van der Waals surface area contributed by atoms with Crippen LogP contribution in [0.5, 0.6) is 0 Å². The zero-order valence-electron chi connectivity index (χ0n) is 20.8. The molecule has 0 aliphatic carbocycles. The third-order valence-electron chi connectivity index (χ3n) is 6.35. The van der Waals surface area contributed by atoms with E-state index in [1.54, 1.807) is 0 Å². The minimum absolute atomic E-state index is 0. The lowest BCUT2D eigenvalue weighted by Crippen LogP contribution is -3.00. The first-order valence-electron chi connectivity index (χ1n) is 12.6. The van der Waals surface area contributed by atoms with Gasteiger partial charge in [-0.15, -0.1) is 0 Å². The van der Waals surface area contributed by atoms with Crippen LogP contribution in [0.1, 0.15) is 51.9 Å². The van der Waals surface area contributed by atoms with Crippen molar-refractivity contribution in [1.82, 2.24) is 4.72 Å². The van der Waals surface area contributed by atoms with Crippen LogP contribution in [0.3, 0.4) is 0 Å². The van der Waals surface area contributed by atoms with E-state index < -0.39 is 17.3 Å². The predicted octanol–water partition coefficient (Wildman–Crippen LogP) is 2.65. The fourth-order valence-corrected chi connectivity index (χ4v) is 10.1. The first-order chi connectivity index (χ1) is 16.6. The molecule has 6 heteroatoms. The summed E-state index contributed by atoms with van der Waals surface area (Å²) in [5, 5.41) is 4.04. The van der Waals surface area contributed by atoms with Crippen LogP contribution >= 0.6 is 7.26 Å². The molecule has 0 spiro atoms. The van der Waals surface area contributed by atoms with E-state index in [0.29, 0.717) is 13.0 Å². The van der Waals surface area contributed by atoms with Crippen molar-refractivity contribution in [2.24, 2.45) is 0 Å². The summed E-state index contributed by atoms with van der Waals surface area (Å²) >= 11 is 0. The van der Waals surface area contributed by atoms with Crippen LogP contribution in [0.25, 0.3) is 0 Å². The van der Waals surface area contributed by atoms with Gasteiger partial charge in [0, 0.05) is 6.54 Å². The lowest BCUT2D eigenvalue weighted by Gasteiger charge is -2.27. The monoisotopic (exact) mass is 575 g/mol. The maximum Gasteiger partial charge on any atom is 0.211 e. The molecule has 1 N–H and O–H groups in total. The Morgan fingerprint density at radius 1 is 0.629 bits per heavy atom. The molecular weight excluding hydrogens is 537 g/mol. The third-order valence-corrected chi connectivity index (χ3v) is 12.3. The van der Waals surface area contributed by atoms with Gasteiger partial charge >= 0.3 is 0 Å². The molecule has 3 aromatic carbocycles. The zero-order chi connectivity index (χ0) is 24.1. The first kappa shape index (κ1) is 29.7. The van der Waals surface area contributed by atoms with Gasteiger partial charge in [-0.3, -0.25) is 0 Å². The molecule has 0 amide bonds. The number of hydrogen-bond donors (Lipinski definition) is 1. The van der Waals surface area contributed by atoms with Gasteiger partial charge in [-0.25, -0.2) is 13.1 Å². The maximum atomic E-state index is 12.6. The minimum Gasteiger partial charge on any atom is -1.00 e. The van der Waals surface area contributed by atoms with E-state index in [-0.39, 0.29) is 22.7 Å². The van der Waals surface area contributed by atoms with Gasteiger partial charge in [-0.2, -0.15) is 0 Å². The Hall–Kier alpha value is -1.52. The van der Waals surface area contributed by atoms with Crippen LogP contribution in [-0.2, 0) is 10.0 Å². The fourth-order valence-electron chi connectivity index (χ4n) is 4.55. The number of sulfonamides is 1. The van der Waals surface area contributed by atoms with E-state index in [4.69, 9.17) is 0 Å². The molecular formula is C29H39BrNO2PS. The molecule has 3 nitrogen and oxygen atoms in total. The van der Waals surface area contributed by atoms with Gasteiger partial charge in [0.15, 0.2) is 0 Å². The molecule has 0 bridgehead atoms. The van der Waals surface area contributed by atoms with E-state index in [0.717, 1.165) is 25.4 Å². The number of nitrogens with one attached hydrogen (secondary N) is 1. The second-order valence-electron chi connectivity index (χ2n) is 8.87. The first-order valence-corrected chi connectivity index (χ1v) is 16.2. The van der Waals surface area contributed by atoms with Crippen molar-refractivity contribution >= 4 is 33.2 Å². The Morgan fingerprint density at radius 2 is 1.09 bits per heavy atom. The number of unbranched alkanes of at least 4 members (excludes halogenated alkanes) is 5. The zero-order valence-corrected chi connectivity index (χ0v) is 24.1. The van der Waals surface area contributed by atoms with Crippen LogP contribution in [0, 0.1) is 0 Å². The van der Waals surface area contributed by atoms with Gasteiger partial charge in [-0.05, 0) is 55.7 Å². The molecule has 0 aliphatic heterocycles. The van der Waals surface area contributed by atoms with Crippen molar-refractivity contribution in [3.8, 4) is 0 Å². The standard InChI is InChI=1S/C29H39NO2PS.BrH/c1-2-3-4-5-15-24-30-34(31,32)26-17-16-25-33(27-18-9-6-10-19-27,28-20-11-7-12-21-28)29-22-13-8-14-23-29;/h6-14,18-23,30H,2-5,15-17,24-26H2,1H3;1H/q+1;/p-1. The molecule has 0 saturated heterocycles. The van der Waals surface area contributed by atoms with Crippen molar-refractivity contribution in [3.05, 3.63) is 91.0 Å². The average molecular weight is 577 g/mol. The van der Waals surface area contributed by atoms with Crippen molar-refractivity contribution < 1.29 is 25.4 Å². The Kier molecular flexibility index (Phi) is 13.2. The molecule has 3 rings (SSSR count). The molecule has 0 aromatic heterocycles. The van der Waals surface area contributed by atoms with Crippen LogP contribution in [0.15, 0.2) is 91.0 Å². The number of hydrogen-bond acceptors (Lipinski definition) is 2. The Balaban J connectivity index is 0.00000432.